The van der Waals surface area contributed by atoms with Gasteiger partial charge in [0.15, 0.2) is 11.6 Å². The van der Waals surface area contributed by atoms with Crippen molar-refractivity contribution in [3.8, 4) is 28.8 Å². The van der Waals surface area contributed by atoms with Crippen molar-refractivity contribution < 1.29 is 18.3 Å². The van der Waals surface area contributed by atoms with Crippen molar-refractivity contribution >= 4 is 5.91 Å². The highest BCUT2D eigenvalue weighted by molar-refractivity contribution is 6.00. The first-order valence-electron chi connectivity index (χ1n) is 11.3. The van der Waals surface area contributed by atoms with Crippen LogP contribution < -0.4 is 4.74 Å². The first-order chi connectivity index (χ1) is 17.3. The highest BCUT2D eigenvalue weighted by atomic mass is 19.1. The predicted molar refractivity (Wildman–Crippen MR) is 127 cm³/mol. The van der Waals surface area contributed by atoms with E-state index in [9.17, 15) is 13.6 Å². The number of aromatic nitrogens is 3. The number of benzene rings is 2. The third-order valence-corrected chi connectivity index (χ3v) is 5.98. The number of pyridine rings is 1. The van der Waals surface area contributed by atoms with Gasteiger partial charge in [0.2, 0.25) is 11.6 Å². The number of hydrogen-bond acceptors (Lipinski definition) is 5. The van der Waals surface area contributed by atoms with E-state index in [1.807, 2.05) is 41.3 Å². The molecular formula is C27H21F2N5O2. The number of hydrogen-bond donors (Lipinski definition) is 0. The van der Waals surface area contributed by atoms with E-state index in [4.69, 9.17) is 10.00 Å². The number of rotatable bonds is 6. The van der Waals surface area contributed by atoms with Crippen molar-refractivity contribution in [1.29, 1.82) is 5.26 Å². The van der Waals surface area contributed by atoms with Crippen LogP contribution >= 0.6 is 0 Å². The van der Waals surface area contributed by atoms with E-state index in [0.29, 0.717) is 18.7 Å². The number of carbonyl (C=O) groups is 1. The molecule has 1 amide bonds. The topological polar surface area (TPSA) is 84.0 Å². The van der Waals surface area contributed by atoms with Crippen molar-refractivity contribution in [2.45, 2.75) is 33.0 Å². The second kappa shape index (κ2) is 9.23. The largest absolute Gasteiger partial charge is 0.432 e. The van der Waals surface area contributed by atoms with Gasteiger partial charge in [0.05, 0.1) is 17.8 Å². The van der Waals surface area contributed by atoms with Crippen molar-refractivity contribution in [3.63, 3.8) is 0 Å². The molecular weight excluding hydrogens is 464 g/mol. The van der Waals surface area contributed by atoms with Gasteiger partial charge in [0, 0.05) is 37.1 Å². The molecule has 2 aromatic heterocycles. The summed E-state index contributed by atoms with van der Waals surface area (Å²) in [5.41, 5.74) is 3.60. The lowest BCUT2D eigenvalue weighted by Crippen LogP contribution is -2.23. The highest BCUT2D eigenvalue weighted by Crippen LogP contribution is 2.35. The average Bonchev–Trinajstić information content (AvgIpc) is 3.48. The minimum atomic E-state index is -1.05. The molecule has 9 heteroatoms. The highest BCUT2D eigenvalue weighted by Gasteiger charge is 2.32. The van der Waals surface area contributed by atoms with Gasteiger partial charge in [0.25, 0.3) is 5.91 Å². The second-order valence-corrected chi connectivity index (χ2v) is 8.79. The normalized spacial score (nSPS) is 12.7. The van der Waals surface area contributed by atoms with E-state index in [0.717, 1.165) is 28.8 Å². The van der Waals surface area contributed by atoms with Crippen LogP contribution in [0.2, 0.25) is 0 Å². The number of nitrogens with zero attached hydrogens (tertiary/aromatic N) is 5. The van der Waals surface area contributed by atoms with Gasteiger partial charge < -0.3 is 9.64 Å². The zero-order chi connectivity index (χ0) is 25.4. The van der Waals surface area contributed by atoms with Crippen molar-refractivity contribution in [2.75, 3.05) is 0 Å². The molecule has 4 aromatic rings. The Balaban J connectivity index is 1.34. The maximum absolute atomic E-state index is 14.3. The summed E-state index contributed by atoms with van der Waals surface area (Å²) in [6, 6.07) is 13.2. The fourth-order valence-electron chi connectivity index (χ4n) is 4.09. The average molecular weight is 485 g/mol. The molecule has 0 bridgehead atoms. The molecule has 180 valence electrons. The summed E-state index contributed by atoms with van der Waals surface area (Å²) in [5.74, 6) is -3.33. The monoisotopic (exact) mass is 485 g/mol. The van der Waals surface area contributed by atoms with Crippen LogP contribution in [0.25, 0.3) is 11.1 Å². The zero-order valence-corrected chi connectivity index (χ0v) is 19.6. The molecule has 0 atom stereocenters. The lowest BCUT2D eigenvalue weighted by atomic mass is 10.1. The number of carbonyl (C=O) groups excluding carboxylic acids is 1. The summed E-state index contributed by atoms with van der Waals surface area (Å²) in [7, 11) is 0. The first-order valence-corrected chi connectivity index (χ1v) is 11.3. The molecule has 5 rings (SSSR count). The van der Waals surface area contributed by atoms with Crippen molar-refractivity contribution in [1.82, 2.24) is 19.7 Å². The van der Waals surface area contributed by atoms with E-state index in [1.165, 1.54) is 6.20 Å². The Morgan fingerprint density at radius 2 is 1.83 bits per heavy atom. The van der Waals surface area contributed by atoms with E-state index >= 15 is 0 Å². The van der Waals surface area contributed by atoms with Crippen LogP contribution in [-0.2, 0) is 13.1 Å². The lowest BCUT2D eigenvalue weighted by molar-refractivity contribution is 0.0764. The van der Waals surface area contributed by atoms with Crippen molar-refractivity contribution in [3.05, 3.63) is 94.9 Å². The van der Waals surface area contributed by atoms with Crippen LogP contribution in [0.15, 0.2) is 61.1 Å². The van der Waals surface area contributed by atoms with Crippen LogP contribution in [0.1, 0.15) is 46.9 Å². The number of fused-ring (bicyclic) bond motifs is 1. The van der Waals surface area contributed by atoms with E-state index in [1.54, 1.807) is 17.0 Å². The zero-order valence-electron chi connectivity index (χ0n) is 19.6. The van der Waals surface area contributed by atoms with Gasteiger partial charge in [-0.05, 0) is 48.7 Å². The van der Waals surface area contributed by atoms with Gasteiger partial charge in [-0.1, -0.05) is 24.3 Å². The summed E-state index contributed by atoms with van der Waals surface area (Å²) in [4.78, 5) is 18.9. The number of amides is 1. The lowest BCUT2D eigenvalue weighted by Gasteiger charge is -2.16. The van der Waals surface area contributed by atoms with Gasteiger partial charge in [0.1, 0.15) is 5.56 Å². The van der Waals surface area contributed by atoms with Gasteiger partial charge in [-0.2, -0.15) is 10.4 Å². The van der Waals surface area contributed by atoms with Gasteiger partial charge in [-0.15, -0.1) is 0 Å². The molecule has 0 saturated carbocycles. The molecule has 7 nitrogen and oxygen atoms in total. The standard InChI is InChI=1S/C27H21F2N5O2/c1-16(2)34-15-21(12-32-34)19-5-3-17(4-6-19)13-33-14-20-7-8-31-26(24(20)27(33)35)36-25-22(28)9-18(11-30)10-23(25)29/h3-10,12,15-16H,13-14H2,1-2H3. The van der Waals surface area contributed by atoms with Gasteiger partial charge >= 0.3 is 0 Å². The van der Waals surface area contributed by atoms with Crippen molar-refractivity contribution in [2.24, 2.45) is 0 Å². The second-order valence-electron chi connectivity index (χ2n) is 8.79. The Labute approximate surface area is 206 Å². The molecule has 3 heterocycles. The Bertz CT molecular complexity index is 1480. The smallest absolute Gasteiger partial charge is 0.260 e. The molecule has 0 spiro atoms. The first kappa shape index (κ1) is 23.2. The van der Waals surface area contributed by atoms with Crippen LogP contribution in [0.3, 0.4) is 0 Å². The minimum Gasteiger partial charge on any atom is -0.432 e. The Kier molecular flexibility index (Phi) is 5.94. The molecule has 0 saturated heterocycles. The summed E-state index contributed by atoms with van der Waals surface area (Å²) in [5, 5.41) is 13.3. The fraction of sp³-hybridized carbons (Fsp3) is 0.185. The quantitative estimate of drug-likeness (QED) is 0.354. The van der Waals surface area contributed by atoms with E-state index in [2.05, 4.69) is 23.9 Å². The van der Waals surface area contributed by atoms with Crippen LogP contribution in [0.4, 0.5) is 8.78 Å². The number of nitriles is 1. The Morgan fingerprint density at radius 1 is 1.11 bits per heavy atom. The molecule has 36 heavy (non-hydrogen) atoms. The molecule has 0 fully saturated rings. The summed E-state index contributed by atoms with van der Waals surface area (Å²) in [6.45, 7) is 4.79. The molecule has 0 unspecified atom stereocenters. The minimum absolute atomic E-state index is 0.165. The maximum atomic E-state index is 14.3. The summed E-state index contributed by atoms with van der Waals surface area (Å²) < 4.78 is 36.0. The third kappa shape index (κ3) is 4.29. The molecule has 2 aromatic carbocycles. The van der Waals surface area contributed by atoms with E-state index in [-0.39, 0.29) is 29.0 Å². The fourth-order valence-corrected chi connectivity index (χ4v) is 4.09. The molecule has 0 N–H and O–H groups in total. The Hall–Kier alpha value is -4.58. The summed E-state index contributed by atoms with van der Waals surface area (Å²) >= 11 is 0. The van der Waals surface area contributed by atoms with Crippen LogP contribution in [-0.4, -0.2) is 25.6 Å². The predicted octanol–water partition coefficient (Wildman–Crippen LogP) is 5.62. The molecule has 1 aliphatic heterocycles. The SMILES string of the molecule is CC(C)n1cc(-c2ccc(CN3Cc4ccnc(Oc5c(F)cc(C#N)cc5F)c4C3=O)cc2)cn1. The maximum Gasteiger partial charge on any atom is 0.260 e. The number of ether oxygens (including phenoxy) is 1. The van der Waals surface area contributed by atoms with Crippen LogP contribution in [0, 0.1) is 23.0 Å². The third-order valence-electron chi connectivity index (χ3n) is 5.98. The summed E-state index contributed by atoms with van der Waals surface area (Å²) in [6.07, 6.45) is 5.24. The van der Waals surface area contributed by atoms with Gasteiger partial charge in [-0.25, -0.2) is 13.8 Å². The Morgan fingerprint density at radius 3 is 2.47 bits per heavy atom. The van der Waals surface area contributed by atoms with Gasteiger partial charge in [-0.3, -0.25) is 9.48 Å². The van der Waals surface area contributed by atoms with E-state index < -0.39 is 17.4 Å². The molecule has 1 aliphatic rings. The molecule has 0 aliphatic carbocycles. The number of halogens is 2. The van der Waals surface area contributed by atoms with Crippen LogP contribution in [0.5, 0.6) is 11.6 Å². The molecule has 0 radical (unpaired) electrons.